The zero-order valence-electron chi connectivity index (χ0n) is 13.6. The molecule has 7 nitrogen and oxygen atoms in total. The van der Waals surface area contributed by atoms with Crippen molar-refractivity contribution in [3.63, 3.8) is 0 Å². The lowest BCUT2D eigenvalue weighted by atomic mass is 10.2. The second kappa shape index (κ2) is 8.41. The molecular formula is C16H23N5O2. The van der Waals surface area contributed by atoms with Crippen molar-refractivity contribution >= 4 is 6.09 Å². The first-order chi connectivity index (χ1) is 11.1. The Morgan fingerprint density at radius 1 is 1.43 bits per heavy atom. The molecule has 0 bridgehead atoms. The van der Waals surface area contributed by atoms with Crippen LogP contribution in [0, 0.1) is 5.92 Å². The fourth-order valence-electron chi connectivity index (χ4n) is 2.77. The number of ether oxygens (including phenoxy) is 1. The average Bonchev–Trinajstić information content (AvgIpc) is 2.87. The van der Waals surface area contributed by atoms with E-state index in [1.54, 1.807) is 0 Å². The van der Waals surface area contributed by atoms with Gasteiger partial charge in [0.15, 0.2) is 0 Å². The van der Waals surface area contributed by atoms with Gasteiger partial charge in [-0.25, -0.2) is 4.79 Å². The lowest BCUT2D eigenvalue weighted by molar-refractivity contribution is 0.135. The maximum Gasteiger partial charge on any atom is 0.407 e. The third-order valence-corrected chi connectivity index (χ3v) is 3.70. The molecule has 1 aromatic rings. The number of alkyl carbamates (subject to hydrolysis) is 1. The van der Waals surface area contributed by atoms with Crippen molar-refractivity contribution in [3.05, 3.63) is 46.3 Å². The predicted octanol–water partition coefficient (Wildman–Crippen LogP) is 2.93. The normalized spacial score (nSPS) is 21.0. The Hall–Kier alpha value is -2.24. The Balaban J connectivity index is 1.86. The Morgan fingerprint density at radius 2 is 2.17 bits per heavy atom. The van der Waals surface area contributed by atoms with E-state index in [1.165, 1.54) is 0 Å². The van der Waals surface area contributed by atoms with Crippen molar-refractivity contribution in [1.82, 2.24) is 10.2 Å². The number of rotatable bonds is 6. The van der Waals surface area contributed by atoms with Crippen LogP contribution in [-0.2, 0) is 11.3 Å². The second-order valence-electron chi connectivity index (χ2n) is 6.20. The standard InChI is InChI=1S/C16H23N5O2/c1-12(2)8-21-9-14(15(10-21)19-20-17)18-16(22)23-11-13-6-4-3-5-7-13/h3-7,12,14-15H,8-11H2,1-2H3,(H,18,22)/t14-,15+/m0/s1. The Morgan fingerprint density at radius 3 is 2.83 bits per heavy atom. The number of carbonyl (C=O) groups is 1. The van der Waals surface area contributed by atoms with Crippen LogP contribution < -0.4 is 5.32 Å². The highest BCUT2D eigenvalue weighted by molar-refractivity contribution is 5.67. The largest absolute Gasteiger partial charge is 0.445 e. The van der Waals surface area contributed by atoms with Crippen molar-refractivity contribution in [3.8, 4) is 0 Å². The lowest BCUT2D eigenvalue weighted by Crippen LogP contribution is -2.42. The maximum atomic E-state index is 12.0. The summed E-state index contributed by atoms with van der Waals surface area (Å²) in [4.78, 5) is 17.1. The molecule has 0 aromatic heterocycles. The number of benzene rings is 1. The smallest absolute Gasteiger partial charge is 0.407 e. The molecule has 124 valence electrons. The molecule has 1 saturated heterocycles. The van der Waals surface area contributed by atoms with Crippen molar-refractivity contribution in [1.29, 1.82) is 0 Å². The van der Waals surface area contributed by atoms with Gasteiger partial charge in [0, 0.05) is 24.5 Å². The summed E-state index contributed by atoms with van der Waals surface area (Å²) in [6.07, 6.45) is -0.483. The molecule has 0 saturated carbocycles. The number of azide groups is 1. The summed E-state index contributed by atoms with van der Waals surface area (Å²) in [6, 6.07) is 9.03. The van der Waals surface area contributed by atoms with E-state index in [1.807, 2.05) is 30.3 Å². The summed E-state index contributed by atoms with van der Waals surface area (Å²) < 4.78 is 5.23. The number of nitrogens with one attached hydrogen (secondary N) is 1. The second-order valence-corrected chi connectivity index (χ2v) is 6.20. The summed E-state index contributed by atoms with van der Waals surface area (Å²) >= 11 is 0. The molecule has 0 spiro atoms. The number of likely N-dealkylation sites (tertiary alicyclic amines) is 1. The van der Waals surface area contributed by atoms with Gasteiger partial charge in [-0.2, -0.15) is 0 Å². The van der Waals surface area contributed by atoms with E-state index in [4.69, 9.17) is 10.3 Å². The summed E-state index contributed by atoms with van der Waals surface area (Å²) in [5, 5.41) is 6.62. The van der Waals surface area contributed by atoms with Crippen LogP contribution in [0.4, 0.5) is 4.79 Å². The fraction of sp³-hybridized carbons (Fsp3) is 0.562. The molecule has 2 rings (SSSR count). The molecule has 0 aliphatic carbocycles. The Kier molecular flexibility index (Phi) is 6.26. The minimum Gasteiger partial charge on any atom is -0.445 e. The van der Waals surface area contributed by atoms with Crippen molar-refractivity contribution in [2.24, 2.45) is 11.0 Å². The number of amides is 1. The molecule has 0 radical (unpaired) electrons. The van der Waals surface area contributed by atoms with Gasteiger partial charge in [0.2, 0.25) is 0 Å². The topological polar surface area (TPSA) is 90.3 Å². The zero-order chi connectivity index (χ0) is 16.7. The zero-order valence-corrected chi connectivity index (χ0v) is 13.6. The SMILES string of the molecule is CC(C)CN1C[C@H](NC(=O)OCc2ccccc2)[C@H](N=[N+]=[N-])C1. The van der Waals surface area contributed by atoms with Crippen LogP contribution in [0.3, 0.4) is 0 Å². The molecular weight excluding hydrogens is 294 g/mol. The number of nitrogens with zero attached hydrogens (tertiary/aromatic N) is 4. The van der Waals surface area contributed by atoms with E-state index in [2.05, 4.69) is 34.1 Å². The van der Waals surface area contributed by atoms with Crippen molar-refractivity contribution in [2.75, 3.05) is 19.6 Å². The van der Waals surface area contributed by atoms with Gasteiger partial charge in [0.25, 0.3) is 0 Å². The van der Waals surface area contributed by atoms with E-state index in [9.17, 15) is 4.79 Å². The van der Waals surface area contributed by atoms with Crippen LogP contribution in [0.25, 0.3) is 10.4 Å². The van der Waals surface area contributed by atoms with Crippen LogP contribution in [0.15, 0.2) is 35.4 Å². The Bertz CT molecular complexity index is 557. The number of carbonyl (C=O) groups excluding carboxylic acids is 1. The van der Waals surface area contributed by atoms with Crippen LogP contribution in [0.5, 0.6) is 0 Å². The molecule has 7 heteroatoms. The van der Waals surface area contributed by atoms with Crippen LogP contribution >= 0.6 is 0 Å². The van der Waals surface area contributed by atoms with Gasteiger partial charge in [0.05, 0.1) is 12.1 Å². The first-order valence-electron chi connectivity index (χ1n) is 7.82. The average molecular weight is 317 g/mol. The van der Waals surface area contributed by atoms with Gasteiger partial charge in [-0.05, 0) is 17.0 Å². The predicted molar refractivity (Wildman–Crippen MR) is 87.8 cm³/mol. The van der Waals surface area contributed by atoms with Gasteiger partial charge in [0.1, 0.15) is 6.61 Å². The van der Waals surface area contributed by atoms with Gasteiger partial charge >= 0.3 is 6.09 Å². The van der Waals surface area contributed by atoms with E-state index in [0.717, 1.165) is 12.1 Å². The molecule has 1 aliphatic rings. The van der Waals surface area contributed by atoms with Gasteiger partial charge in [-0.15, -0.1) is 0 Å². The minimum atomic E-state index is -0.483. The molecule has 2 atom stereocenters. The molecule has 0 unspecified atom stereocenters. The lowest BCUT2D eigenvalue weighted by Gasteiger charge is -2.18. The first kappa shape index (κ1) is 17.1. The third kappa shape index (κ3) is 5.47. The monoisotopic (exact) mass is 317 g/mol. The maximum absolute atomic E-state index is 12.0. The van der Waals surface area contributed by atoms with Gasteiger partial charge < -0.3 is 15.0 Å². The summed E-state index contributed by atoms with van der Waals surface area (Å²) in [5.41, 5.74) is 9.63. The van der Waals surface area contributed by atoms with E-state index >= 15 is 0 Å². The molecule has 23 heavy (non-hydrogen) atoms. The highest BCUT2D eigenvalue weighted by Crippen LogP contribution is 2.16. The molecule has 1 amide bonds. The van der Waals surface area contributed by atoms with E-state index in [0.29, 0.717) is 19.0 Å². The molecule has 1 aliphatic heterocycles. The van der Waals surface area contributed by atoms with Crippen molar-refractivity contribution < 1.29 is 9.53 Å². The van der Waals surface area contributed by atoms with Gasteiger partial charge in [-0.3, -0.25) is 0 Å². The minimum absolute atomic E-state index is 0.215. The molecule has 1 fully saturated rings. The molecule has 1 N–H and O–H groups in total. The van der Waals surface area contributed by atoms with Crippen molar-refractivity contribution in [2.45, 2.75) is 32.5 Å². The quantitative estimate of drug-likeness (QED) is 0.497. The van der Waals surface area contributed by atoms with E-state index < -0.39 is 6.09 Å². The fourth-order valence-corrected chi connectivity index (χ4v) is 2.77. The van der Waals surface area contributed by atoms with E-state index in [-0.39, 0.29) is 18.7 Å². The Labute approximate surface area is 136 Å². The number of hydrogen-bond acceptors (Lipinski definition) is 4. The highest BCUT2D eigenvalue weighted by Gasteiger charge is 2.33. The first-order valence-corrected chi connectivity index (χ1v) is 7.82. The highest BCUT2D eigenvalue weighted by atomic mass is 16.5. The van der Waals surface area contributed by atoms with Crippen LogP contribution in [-0.4, -0.2) is 42.7 Å². The summed E-state index contributed by atoms with van der Waals surface area (Å²) in [5.74, 6) is 0.519. The molecule has 1 heterocycles. The van der Waals surface area contributed by atoms with Crippen LogP contribution in [0.1, 0.15) is 19.4 Å². The summed E-state index contributed by atoms with van der Waals surface area (Å²) in [6.45, 7) is 6.74. The molecule has 1 aromatic carbocycles. The third-order valence-electron chi connectivity index (χ3n) is 3.70. The number of hydrogen-bond donors (Lipinski definition) is 1. The summed E-state index contributed by atoms with van der Waals surface area (Å²) in [7, 11) is 0. The van der Waals surface area contributed by atoms with Gasteiger partial charge in [-0.1, -0.05) is 49.3 Å². The van der Waals surface area contributed by atoms with Crippen LogP contribution in [0.2, 0.25) is 0 Å².